The lowest BCUT2D eigenvalue weighted by Crippen LogP contribution is -2.57. The Kier molecular flexibility index (Phi) is 9.21. The van der Waals surface area contributed by atoms with Crippen molar-refractivity contribution in [2.24, 2.45) is 0 Å². The number of alkyl halides is 9. The molecule has 0 saturated carbocycles. The Hall–Kier alpha value is -1.57. The van der Waals surface area contributed by atoms with Crippen LogP contribution in [0, 0.1) is 0 Å². The standard InChI is InChI=1S/C9H11F9O3S.C5H5N/c10-6(11,4-2-1-3-5-7(12,13)14)8(15,16)9(17,18)22(19,20)21;1-2-4-6-5-3-1/h1-5H2,(H,19,20,21);1-5H. The van der Waals surface area contributed by atoms with Crippen molar-refractivity contribution in [1.29, 1.82) is 0 Å². The van der Waals surface area contributed by atoms with Crippen LogP contribution in [0.25, 0.3) is 0 Å². The lowest BCUT2D eigenvalue weighted by atomic mass is 10.0. The quantitative estimate of drug-likeness (QED) is 0.331. The van der Waals surface area contributed by atoms with E-state index in [1.54, 1.807) is 12.4 Å². The van der Waals surface area contributed by atoms with Crippen LogP contribution in [0.5, 0.6) is 0 Å². The highest BCUT2D eigenvalue weighted by Crippen LogP contribution is 2.50. The van der Waals surface area contributed by atoms with E-state index in [4.69, 9.17) is 4.55 Å². The second-order valence-electron chi connectivity index (χ2n) is 5.47. The molecule has 0 aliphatic carbocycles. The van der Waals surface area contributed by atoms with E-state index in [2.05, 4.69) is 4.98 Å². The van der Waals surface area contributed by atoms with Gasteiger partial charge in [0.15, 0.2) is 0 Å². The minimum Gasteiger partial charge on any atom is -0.281 e. The van der Waals surface area contributed by atoms with E-state index in [0.717, 1.165) is 0 Å². The normalized spacial score (nSPS) is 13.6. The lowest BCUT2D eigenvalue weighted by Gasteiger charge is -2.30. The topological polar surface area (TPSA) is 67.3 Å². The molecule has 0 amide bonds. The second-order valence-corrected chi connectivity index (χ2v) is 6.93. The molecule has 0 fully saturated rings. The molecule has 164 valence electrons. The van der Waals surface area contributed by atoms with Crippen LogP contribution in [0.4, 0.5) is 39.5 Å². The van der Waals surface area contributed by atoms with Crippen molar-refractivity contribution in [2.45, 2.75) is 55.4 Å². The van der Waals surface area contributed by atoms with E-state index in [0.29, 0.717) is 0 Å². The van der Waals surface area contributed by atoms with Gasteiger partial charge in [-0.15, -0.1) is 0 Å². The van der Waals surface area contributed by atoms with E-state index < -0.39 is 65.5 Å². The van der Waals surface area contributed by atoms with Gasteiger partial charge in [-0.25, -0.2) is 0 Å². The Labute approximate surface area is 154 Å². The van der Waals surface area contributed by atoms with Gasteiger partial charge in [-0.05, 0) is 25.0 Å². The second kappa shape index (κ2) is 9.76. The van der Waals surface area contributed by atoms with Crippen molar-refractivity contribution in [3.05, 3.63) is 30.6 Å². The van der Waals surface area contributed by atoms with Crippen LogP contribution in [0.1, 0.15) is 32.1 Å². The van der Waals surface area contributed by atoms with Gasteiger partial charge in [0.25, 0.3) is 0 Å². The molecule has 14 heteroatoms. The molecule has 0 radical (unpaired) electrons. The summed E-state index contributed by atoms with van der Waals surface area (Å²) in [7, 11) is -6.81. The van der Waals surface area contributed by atoms with Crippen molar-refractivity contribution < 1.29 is 52.5 Å². The summed E-state index contributed by atoms with van der Waals surface area (Å²) in [6, 6.07) is 5.72. The highest BCUT2D eigenvalue weighted by molar-refractivity contribution is 7.87. The number of unbranched alkanes of at least 4 members (excludes halogenated alkanes) is 2. The van der Waals surface area contributed by atoms with E-state index in [1.165, 1.54) is 0 Å². The van der Waals surface area contributed by atoms with Gasteiger partial charge in [0, 0.05) is 25.2 Å². The summed E-state index contributed by atoms with van der Waals surface area (Å²) in [5.41, 5.74) is 0. The van der Waals surface area contributed by atoms with Gasteiger partial charge in [-0.1, -0.05) is 12.5 Å². The van der Waals surface area contributed by atoms with Gasteiger partial charge in [0.05, 0.1) is 0 Å². The zero-order valence-electron chi connectivity index (χ0n) is 13.9. The average molecular weight is 449 g/mol. The summed E-state index contributed by atoms with van der Waals surface area (Å²) in [6.45, 7) is 0. The molecule has 0 bridgehead atoms. The molecule has 0 aliphatic rings. The minimum absolute atomic E-state index is 0.609. The predicted molar refractivity (Wildman–Crippen MR) is 79.8 cm³/mol. The minimum atomic E-state index is -6.81. The molecule has 1 aromatic heterocycles. The van der Waals surface area contributed by atoms with Crippen LogP contribution in [-0.4, -0.2) is 41.2 Å². The van der Waals surface area contributed by atoms with Gasteiger partial charge in [0.2, 0.25) is 0 Å². The number of hydrogen-bond donors (Lipinski definition) is 1. The Morgan fingerprint density at radius 3 is 1.54 bits per heavy atom. The fourth-order valence-electron chi connectivity index (χ4n) is 1.69. The van der Waals surface area contributed by atoms with Crippen molar-refractivity contribution in [3.8, 4) is 0 Å². The molecular formula is C14H16F9NO3S. The molecule has 0 aliphatic heterocycles. The summed E-state index contributed by atoms with van der Waals surface area (Å²) >= 11 is 0. The van der Waals surface area contributed by atoms with Crippen LogP contribution >= 0.6 is 0 Å². The third kappa shape index (κ3) is 7.81. The number of rotatable bonds is 8. The average Bonchev–Trinajstić information content (AvgIpc) is 2.54. The molecule has 4 nitrogen and oxygen atoms in total. The molecule has 1 N–H and O–H groups in total. The van der Waals surface area contributed by atoms with Crippen molar-refractivity contribution in [3.63, 3.8) is 0 Å². The fraction of sp³-hybridized carbons (Fsp3) is 0.643. The van der Waals surface area contributed by atoms with Gasteiger partial charge in [-0.3, -0.25) is 9.54 Å². The molecule has 1 heterocycles. The molecule has 0 saturated heterocycles. The van der Waals surface area contributed by atoms with Crippen LogP contribution in [-0.2, 0) is 10.1 Å². The Morgan fingerprint density at radius 1 is 0.750 bits per heavy atom. The lowest BCUT2D eigenvalue weighted by molar-refractivity contribution is -0.283. The van der Waals surface area contributed by atoms with E-state index in [1.807, 2.05) is 18.2 Å². The zero-order valence-corrected chi connectivity index (χ0v) is 14.8. The van der Waals surface area contributed by atoms with Crippen molar-refractivity contribution in [1.82, 2.24) is 4.98 Å². The van der Waals surface area contributed by atoms with Gasteiger partial charge in [-0.2, -0.15) is 47.9 Å². The summed E-state index contributed by atoms with van der Waals surface area (Å²) in [5.74, 6) is -12.0. The highest BCUT2D eigenvalue weighted by atomic mass is 32.2. The van der Waals surface area contributed by atoms with Gasteiger partial charge in [0.1, 0.15) is 0 Å². The summed E-state index contributed by atoms with van der Waals surface area (Å²) in [5, 5.41) is -6.44. The molecule has 0 atom stereocenters. The molecule has 28 heavy (non-hydrogen) atoms. The first-order valence-electron chi connectivity index (χ1n) is 7.48. The van der Waals surface area contributed by atoms with Gasteiger partial charge >= 0.3 is 33.4 Å². The number of nitrogens with zero attached hydrogens (tertiary/aromatic N) is 1. The number of halogens is 9. The first kappa shape index (κ1) is 26.4. The number of hydrogen-bond acceptors (Lipinski definition) is 3. The molecule has 0 aromatic carbocycles. The number of aromatic nitrogens is 1. The maximum atomic E-state index is 13.1. The zero-order chi connectivity index (χ0) is 22.3. The first-order valence-corrected chi connectivity index (χ1v) is 8.92. The van der Waals surface area contributed by atoms with Crippen LogP contribution in [0.2, 0.25) is 0 Å². The SMILES string of the molecule is O=S(=O)(O)C(F)(F)C(F)(F)C(F)(F)CCCCCC(F)(F)F.c1ccncc1. The molecular weight excluding hydrogens is 433 g/mol. The summed E-state index contributed by atoms with van der Waals surface area (Å²) in [6.07, 6.45) is -6.67. The smallest absolute Gasteiger partial charge is 0.281 e. The predicted octanol–water partition coefficient (Wildman–Crippen LogP) is 5.33. The Morgan fingerprint density at radius 2 is 1.21 bits per heavy atom. The van der Waals surface area contributed by atoms with Crippen molar-refractivity contribution >= 4 is 10.1 Å². The molecule has 1 aromatic rings. The van der Waals surface area contributed by atoms with E-state index in [-0.39, 0.29) is 0 Å². The largest absolute Gasteiger partial charge is 0.437 e. The third-order valence-corrected chi connectivity index (χ3v) is 4.07. The van der Waals surface area contributed by atoms with Gasteiger partial charge < -0.3 is 0 Å². The fourth-order valence-corrected chi connectivity index (χ4v) is 2.17. The van der Waals surface area contributed by atoms with E-state index >= 15 is 0 Å². The monoisotopic (exact) mass is 449 g/mol. The Balaban J connectivity index is 0.00000102. The maximum Gasteiger partial charge on any atom is 0.437 e. The third-order valence-electron chi connectivity index (χ3n) is 3.17. The maximum absolute atomic E-state index is 13.1. The van der Waals surface area contributed by atoms with Crippen LogP contribution in [0.15, 0.2) is 30.6 Å². The highest BCUT2D eigenvalue weighted by Gasteiger charge is 2.76. The molecule has 0 spiro atoms. The molecule has 0 unspecified atom stereocenters. The van der Waals surface area contributed by atoms with Crippen molar-refractivity contribution in [2.75, 3.05) is 0 Å². The van der Waals surface area contributed by atoms with Crippen LogP contribution < -0.4 is 0 Å². The van der Waals surface area contributed by atoms with E-state index in [9.17, 15) is 47.9 Å². The summed E-state index contributed by atoms with van der Waals surface area (Å²) in [4.78, 5) is 3.78. The number of pyridine rings is 1. The molecule has 1 rings (SSSR count). The van der Waals surface area contributed by atoms with Crippen LogP contribution in [0.3, 0.4) is 0 Å². The summed E-state index contributed by atoms with van der Waals surface area (Å²) < 4.78 is 141. The first-order chi connectivity index (χ1) is 12.5. The Bertz CT molecular complexity index is 652.